The maximum Gasteiger partial charge on any atom is 0.244 e. The lowest BCUT2D eigenvalue weighted by molar-refractivity contribution is 0.0343. The van der Waals surface area contributed by atoms with Gasteiger partial charge in [0.1, 0.15) is 4.90 Å². The maximum atomic E-state index is 12.2. The summed E-state index contributed by atoms with van der Waals surface area (Å²) in [6.45, 7) is 4.38. The van der Waals surface area contributed by atoms with E-state index in [-0.39, 0.29) is 10.5 Å². The van der Waals surface area contributed by atoms with Crippen molar-refractivity contribution in [3.05, 3.63) is 24.3 Å². The Balaban J connectivity index is 3.05. The van der Waals surface area contributed by atoms with Gasteiger partial charge in [-0.2, -0.15) is 0 Å². The minimum atomic E-state index is -3.45. The zero-order chi connectivity index (χ0) is 14.7. The van der Waals surface area contributed by atoms with E-state index in [2.05, 4.69) is 5.32 Å². The number of hydrogen-bond donors (Lipinski definition) is 1. The first kappa shape index (κ1) is 15.9. The molecule has 0 heterocycles. The van der Waals surface area contributed by atoms with Gasteiger partial charge in [0.15, 0.2) is 0 Å². The molecular formula is C13H22N2O3S. The van der Waals surface area contributed by atoms with Crippen LogP contribution in [0, 0.1) is 0 Å². The molecule has 0 fully saturated rings. The lowest BCUT2D eigenvalue weighted by Crippen LogP contribution is -2.32. The zero-order valence-electron chi connectivity index (χ0n) is 12.1. The van der Waals surface area contributed by atoms with Crippen molar-refractivity contribution in [2.45, 2.75) is 24.3 Å². The van der Waals surface area contributed by atoms with E-state index in [0.717, 1.165) is 0 Å². The molecule has 0 spiro atoms. The van der Waals surface area contributed by atoms with Gasteiger partial charge in [-0.15, -0.1) is 0 Å². The first-order chi connectivity index (χ1) is 8.70. The molecule has 0 aromatic heterocycles. The molecule has 6 heteroatoms. The highest BCUT2D eigenvalue weighted by atomic mass is 32.2. The summed E-state index contributed by atoms with van der Waals surface area (Å²) in [4.78, 5) is 0.270. The Morgan fingerprint density at radius 2 is 1.84 bits per heavy atom. The standard InChI is InChI=1S/C13H22N2O3S/c1-13(2,18-5)10-14-11-8-6-7-9-12(11)19(16,17)15(3)4/h6-9,14H,10H2,1-5H3. The minimum absolute atomic E-state index is 0.270. The van der Waals surface area contributed by atoms with Crippen LogP contribution in [0.25, 0.3) is 0 Å². The van der Waals surface area contributed by atoms with Crippen molar-refractivity contribution in [3.8, 4) is 0 Å². The van der Waals surface area contributed by atoms with Crippen LogP contribution in [0.4, 0.5) is 5.69 Å². The van der Waals surface area contributed by atoms with Crippen LogP contribution in [0.3, 0.4) is 0 Å². The van der Waals surface area contributed by atoms with Gasteiger partial charge in [-0.05, 0) is 26.0 Å². The summed E-state index contributed by atoms with van der Waals surface area (Å²) in [7, 11) is 1.22. The normalized spacial score (nSPS) is 12.7. The van der Waals surface area contributed by atoms with E-state index in [9.17, 15) is 8.42 Å². The monoisotopic (exact) mass is 286 g/mol. The van der Waals surface area contributed by atoms with Crippen molar-refractivity contribution in [1.82, 2.24) is 4.31 Å². The van der Waals surface area contributed by atoms with Crippen LogP contribution in [0.1, 0.15) is 13.8 Å². The van der Waals surface area contributed by atoms with Crippen molar-refractivity contribution in [2.24, 2.45) is 0 Å². The second kappa shape index (κ2) is 5.90. The first-order valence-electron chi connectivity index (χ1n) is 6.01. The van der Waals surface area contributed by atoms with Crippen LogP contribution >= 0.6 is 0 Å². The molecule has 0 saturated carbocycles. The van der Waals surface area contributed by atoms with E-state index in [1.165, 1.54) is 18.4 Å². The first-order valence-corrected chi connectivity index (χ1v) is 7.45. The fraction of sp³-hybridized carbons (Fsp3) is 0.538. The van der Waals surface area contributed by atoms with Gasteiger partial charge < -0.3 is 10.1 Å². The summed E-state index contributed by atoms with van der Waals surface area (Å²) in [6, 6.07) is 6.86. The van der Waals surface area contributed by atoms with Gasteiger partial charge in [-0.1, -0.05) is 12.1 Å². The predicted molar refractivity (Wildman–Crippen MR) is 76.9 cm³/mol. The molecule has 0 aliphatic heterocycles. The highest BCUT2D eigenvalue weighted by Gasteiger charge is 2.22. The molecule has 0 amide bonds. The van der Waals surface area contributed by atoms with Crippen molar-refractivity contribution >= 4 is 15.7 Å². The number of para-hydroxylation sites is 1. The van der Waals surface area contributed by atoms with Crippen LogP contribution < -0.4 is 5.32 Å². The molecule has 0 radical (unpaired) electrons. The number of methoxy groups -OCH3 is 1. The third-order valence-corrected chi connectivity index (χ3v) is 4.78. The smallest absolute Gasteiger partial charge is 0.244 e. The van der Waals surface area contributed by atoms with Crippen molar-refractivity contribution in [3.63, 3.8) is 0 Å². The lowest BCUT2D eigenvalue weighted by atomic mass is 10.1. The molecular weight excluding hydrogens is 264 g/mol. The van der Waals surface area contributed by atoms with E-state index in [4.69, 9.17) is 4.74 Å². The molecule has 1 aromatic carbocycles. The second-order valence-corrected chi connectivity index (χ2v) is 7.22. The van der Waals surface area contributed by atoms with Crippen LogP contribution in [-0.2, 0) is 14.8 Å². The minimum Gasteiger partial charge on any atom is -0.381 e. The fourth-order valence-electron chi connectivity index (χ4n) is 1.41. The number of benzene rings is 1. The van der Waals surface area contributed by atoms with Crippen LogP contribution in [-0.4, -0.2) is 46.1 Å². The highest BCUT2D eigenvalue weighted by molar-refractivity contribution is 7.89. The molecule has 0 saturated heterocycles. The molecule has 108 valence electrons. The number of hydrogen-bond acceptors (Lipinski definition) is 4. The van der Waals surface area contributed by atoms with Gasteiger partial charge in [-0.25, -0.2) is 12.7 Å². The topological polar surface area (TPSA) is 58.6 Å². The van der Waals surface area contributed by atoms with Crippen molar-refractivity contribution in [1.29, 1.82) is 0 Å². The van der Waals surface area contributed by atoms with Gasteiger partial charge >= 0.3 is 0 Å². The Kier molecular flexibility index (Phi) is 4.95. The molecule has 0 bridgehead atoms. The van der Waals surface area contributed by atoms with Gasteiger partial charge in [0.05, 0.1) is 11.3 Å². The Morgan fingerprint density at radius 1 is 1.26 bits per heavy atom. The zero-order valence-corrected chi connectivity index (χ0v) is 12.9. The van der Waals surface area contributed by atoms with Crippen LogP contribution in [0.5, 0.6) is 0 Å². The summed E-state index contributed by atoms with van der Waals surface area (Å²) in [5.41, 5.74) is 0.218. The summed E-state index contributed by atoms with van der Waals surface area (Å²) < 4.78 is 30.9. The Bertz CT molecular complexity index is 524. The van der Waals surface area contributed by atoms with E-state index >= 15 is 0 Å². The molecule has 1 N–H and O–H groups in total. The third kappa shape index (κ3) is 3.92. The van der Waals surface area contributed by atoms with E-state index in [0.29, 0.717) is 12.2 Å². The van der Waals surface area contributed by atoms with E-state index in [1.54, 1.807) is 31.4 Å². The van der Waals surface area contributed by atoms with Gasteiger partial charge in [0.25, 0.3) is 0 Å². The van der Waals surface area contributed by atoms with Crippen molar-refractivity contribution < 1.29 is 13.2 Å². The van der Waals surface area contributed by atoms with Crippen LogP contribution in [0.15, 0.2) is 29.2 Å². The Morgan fingerprint density at radius 3 is 2.37 bits per heavy atom. The van der Waals surface area contributed by atoms with E-state index in [1.807, 2.05) is 13.8 Å². The lowest BCUT2D eigenvalue weighted by Gasteiger charge is -2.25. The molecule has 0 atom stereocenters. The Hall–Kier alpha value is -1.11. The summed E-state index contributed by atoms with van der Waals surface area (Å²) in [5, 5.41) is 3.13. The molecule has 0 aliphatic rings. The fourth-order valence-corrected chi connectivity index (χ4v) is 2.48. The summed E-state index contributed by atoms with van der Waals surface area (Å²) >= 11 is 0. The number of ether oxygens (including phenoxy) is 1. The van der Waals surface area contributed by atoms with Gasteiger partial charge in [0, 0.05) is 27.7 Å². The van der Waals surface area contributed by atoms with Crippen molar-refractivity contribution in [2.75, 3.05) is 33.1 Å². The maximum absolute atomic E-state index is 12.2. The summed E-state index contributed by atoms with van der Waals surface area (Å²) in [5.74, 6) is 0. The molecule has 0 aliphatic carbocycles. The SMILES string of the molecule is COC(C)(C)CNc1ccccc1S(=O)(=O)N(C)C. The van der Waals surface area contributed by atoms with Gasteiger partial charge in [-0.3, -0.25) is 0 Å². The number of rotatable bonds is 6. The van der Waals surface area contributed by atoms with Gasteiger partial charge in [0.2, 0.25) is 10.0 Å². The second-order valence-electron chi connectivity index (χ2n) is 5.10. The van der Waals surface area contributed by atoms with E-state index < -0.39 is 10.0 Å². The highest BCUT2D eigenvalue weighted by Crippen LogP contribution is 2.23. The molecule has 1 aromatic rings. The molecule has 5 nitrogen and oxygen atoms in total. The average molecular weight is 286 g/mol. The number of nitrogens with zero attached hydrogens (tertiary/aromatic N) is 1. The quantitative estimate of drug-likeness (QED) is 0.866. The largest absolute Gasteiger partial charge is 0.381 e. The average Bonchev–Trinajstić information content (AvgIpc) is 2.36. The number of sulfonamides is 1. The van der Waals surface area contributed by atoms with Crippen LogP contribution in [0.2, 0.25) is 0 Å². The molecule has 0 unspecified atom stereocenters. The molecule has 1 rings (SSSR count). The third-order valence-electron chi connectivity index (χ3n) is 2.90. The number of anilines is 1. The predicted octanol–water partition coefficient (Wildman–Crippen LogP) is 1.77. The molecule has 19 heavy (non-hydrogen) atoms. The number of nitrogens with one attached hydrogen (secondary N) is 1. The summed E-state index contributed by atoms with van der Waals surface area (Å²) in [6.07, 6.45) is 0. The Labute approximate surface area is 115 Å².